The predicted octanol–water partition coefficient (Wildman–Crippen LogP) is 2.49. The van der Waals surface area contributed by atoms with Gasteiger partial charge in [0, 0.05) is 0 Å². The van der Waals surface area contributed by atoms with Gasteiger partial charge >= 0.3 is 37.5 Å². The van der Waals surface area contributed by atoms with E-state index in [0.29, 0.717) is 0 Å². The predicted molar refractivity (Wildman–Crippen MR) is 178 cm³/mol. The van der Waals surface area contributed by atoms with Crippen LogP contribution in [-0.4, -0.2) is 11.3 Å². The summed E-state index contributed by atoms with van der Waals surface area (Å²) in [4.78, 5) is 0. The molecule has 2 saturated carbocycles. The van der Waals surface area contributed by atoms with Crippen LogP contribution in [0.15, 0.2) is 121 Å². The van der Waals surface area contributed by atoms with E-state index in [4.69, 9.17) is 0 Å². The normalized spacial score (nSPS) is 14.0. The van der Waals surface area contributed by atoms with Gasteiger partial charge in [0.15, 0.2) is 0 Å². The van der Waals surface area contributed by atoms with E-state index in [1.807, 2.05) is 0 Å². The first-order valence-electron chi connectivity index (χ1n) is 13.9. The van der Waals surface area contributed by atoms with Crippen LogP contribution in [0.5, 0.6) is 0 Å². The minimum atomic E-state index is -0.577. The van der Waals surface area contributed by atoms with Gasteiger partial charge in [-0.05, 0) is 99.9 Å². The average molecular weight is 774 g/mol. The van der Waals surface area contributed by atoms with Crippen LogP contribution in [0.2, 0.25) is 0 Å². The van der Waals surface area contributed by atoms with E-state index in [-0.39, 0.29) is 77.2 Å². The van der Waals surface area contributed by atoms with Gasteiger partial charge in [-0.2, -0.15) is 0 Å². The van der Waals surface area contributed by atoms with Gasteiger partial charge in [-0.3, -0.25) is 0 Å². The van der Waals surface area contributed by atoms with Crippen molar-refractivity contribution in [1.29, 1.82) is 0 Å². The number of rotatable bonds is 6. The van der Waals surface area contributed by atoms with Crippen molar-refractivity contribution in [3.8, 4) is 0 Å². The minimum absolute atomic E-state index is 0. The first-order chi connectivity index (χ1) is 17.9. The number of benzene rings is 4. The first kappa shape index (κ1) is 43.6. The molecule has 0 unspecified atom stereocenters. The van der Waals surface area contributed by atoms with E-state index in [9.17, 15) is 0 Å². The molecular formula is C36H46Cl2FeP2Pd+2. The molecule has 0 bridgehead atoms. The maximum Gasteiger partial charge on any atom is 2.00 e. The molecule has 42 heavy (non-hydrogen) atoms. The van der Waals surface area contributed by atoms with Crippen LogP contribution >= 0.6 is 15.8 Å². The maximum absolute atomic E-state index is 2.33. The fraction of sp³-hybridized carbons (Fsp3) is 0.278. The van der Waals surface area contributed by atoms with E-state index in [2.05, 4.69) is 121 Å². The van der Waals surface area contributed by atoms with Crippen molar-refractivity contribution in [3.63, 3.8) is 0 Å². The average Bonchev–Trinajstić information content (AvgIpc) is 3.68. The van der Waals surface area contributed by atoms with Gasteiger partial charge in [-0.15, -0.1) is 0 Å². The van der Waals surface area contributed by atoms with Crippen molar-refractivity contribution in [1.82, 2.24) is 0 Å². The zero-order valence-electron chi connectivity index (χ0n) is 24.8. The molecule has 0 atom stereocenters. The molecule has 4 aromatic carbocycles. The van der Waals surface area contributed by atoms with Crippen LogP contribution in [0.25, 0.3) is 0 Å². The zero-order valence-corrected chi connectivity index (χ0v) is 31.0. The molecule has 0 aromatic heterocycles. The Bertz CT molecular complexity index is 984. The second-order valence-corrected chi connectivity index (χ2v) is 15.9. The summed E-state index contributed by atoms with van der Waals surface area (Å²) in [5.74, 6) is 0. The Kier molecular flexibility index (Phi) is 24.8. The van der Waals surface area contributed by atoms with Gasteiger partial charge in [0.25, 0.3) is 0 Å². The Morgan fingerprint density at radius 1 is 0.381 bits per heavy atom. The zero-order chi connectivity index (χ0) is 24.4. The third-order valence-electron chi connectivity index (χ3n) is 7.87. The molecule has 230 valence electrons. The van der Waals surface area contributed by atoms with Crippen LogP contribution in [0.4, 0.5) is 0 Å². The molecule has 2 aliphatic carbocycles. The monoisotopic (exact) mass is 772 g/mol. The van der Waals surface area contributed by atoms with Gasteiger partial charge in [0.05, 0.1) is 48.4 Å². The van der Waals surface area contributed by atoms with E-state index >= 15 is 0 Å². The standard InChI is InChI=1S/2C17H19P.2CH3.2ClH.Fe.Pd/c2*1-3-9-15(10-4-1)18(17-13-7-8-14-17)16-11-5-2-6-12-16;;;;;;/h2*1-6,9-12,17H,7-8,13-14H2;2*1H3;2*1H;;/q;;2*-1;;;2*+2. The van der Waals surface area contributed by atoms with Gasteiger partial charge in [0.1, 0.15) is 0 Å². The molecule has 0 spiro atoms. The first-order valence-corrected chi connectivity index (χ1v) is 17.0. The maximum atomic E-state index is 2.33. The summed E-state index contributed by atoms with van der Waals surface area (Å²) in [7, 11) is -1.15. The van der Waals surface area contributed by atoms with Crippen LogP contribution in [-0.2, 0) is 37.5 Å². The number of halogens is 2. The summed E-state index contributed by atoms with van der Waals surface area (Å²) in [5, 5.41) is 6.34. The molecule has 2 aliphatic rings. The van der Waals surface area contributed by atoms with Crippen molar-refractivity contribution >= 4 is 37.1 Å². The van der Waals surface area contributed by atoms with E-state index in [1.165, 1.54) is 51.4 Å². The Morgan fingerprint density at radius 2 is 0.571 bits per heavy atom. The number of hydrogen-bond acceptors (Lipinski definition) is 0. The summed E-state index contributed by atoms with van der Waals surface area (Å²) >= 11 is 0. The Balaban J connectivity index is 0. The molecule has 0 radical (unpaired) electrons. The second kappa shape index (κ2) is 23.8. The summed E-state index contributed by atoms with van der Waals surface area (Å²) in [6.45, 7) is 0. The molecule has 0 saturated heterocycles. The molecule has 6 rings (SSSR count). The second-order valence-electron chi connectivity index (χ2n) is 10.3. The Hall–Kier alpha value is -0.498. The van der Waals surface area contributed by atoms with Crippen LogP contribution in [0.3, 0.4) is 0 Å². The van der Waals surface area contributed by atoms with Crippen molar-refractivity contribution in [2.75, 3.05) is 0 Å². The molecule has 6 heteroatoms. The smallest absolute Gasteiger partial charge is 1.00 e. The van der Waals surface area contributed by atoms with Crippen LogP contribution < -0.4 is 46.0 Å². The molecule has 0 aliphatic heterocycles. The van der Waals surface area contributed by atoms with Crippen LogP contribution in [0, 0.1) is 14.9 Å². The summed E-state index contributed by atoms with van der Waals surface area (Å²) in [5.41, 5.74) is 1.86. The Labute approximate surface area is 296 Å². The molecule has 4 aromatic rings. The van der Waals surface area contributed by atoms with Crippen LogP contribution in [0.1, 0.15) is 51.4 Å². The van der Waals surface area contributed by atoms with E-state index in [1.54, 1.807) is 21.2 Å². The van der Waals surface area contributed by atoms with Gasteiger partial charge in [-0.25, -0.2) is 0 Å². The molecule has 0 nitrogen and oxygen atoms in total. The van der Waals surface area contributed by atoms with E-state index in [0.717, 1.165) is 11.3 Å². The molecular weight excluding hydrogens is 728 g/mol. The largest absolute Gasteiger partial charge is 2.00 e. The van der Waals surface area contributed by atoms with Crippen molar-refractivity contribution in [3.05, 3.63) is 136 Å². The molecule has 0 amide bonds. The van der Waals surface area contributed by atoms with Gasteiger partial charge in [-0.1, -0.05) is 72.8 Å². The molecule has 0 heterocycles. The van der Waals surface area contributed by atoms with Crippen molar-refractivity contribution < 1.29 is 62.3 Å². The third-order valence-corrected chi connectivity index (χ3v) is 14.5. The quantitative estimate of drug-likeness (QED) is 0.161. The van der Waals surface area contributed by atoms with E-state index < -0.39 is 15.8 Å². The van der Waals surface area contributed by atoms with Crippen molar-refractivity contribution in [2.24, 2.45) is 0 Å². The summed E-state index contributed by atoms with van der Waals surface area (Å²) in [6.07, 6.45) is 11.4. The van der Waals surface area contributed by atoms with Gasteiger partial charge < -0.3 is 39.7 Å². The number of hydrogen-bond donors (Lipinski definition) is 0. The minimum Gasteiger partial charge on any atom is -1.00 e. The summed E-state index contributed by atoms with van der Waals surface area (Å²) in [6, 6.07) is 44.7. The molecule has 2 fully saturated rings. The SMILES string of the molecule is [CH3-].[CH3-].[Cl-].[Cl-].[Fe+2].[Pd+2].c1ccc([PH+](c2ccccc2)C2CCCC2)cc1.c1ccc([PH+](c2ccccc2)C2CCCC2)cc1. The fourth-order valence-corrected chi connectivity index (χ4v) is 12.9. The Morgan fingerprint density at radius 3 is 0.762 bits per heavy atom. The fourth-order valence-electron chi connectivity index (χ4n) is 6.18. The topological polar surface area (TPSA) is 0 Å². The molecule has 0 N–H and O–H groups in total. The van der Waals surface area contributed by atoms with Gasteiger partial charge in [0.2, 0.25) is 0 Å². The third kappa shape index (κ3) is 12.1. The van der Waals surface area contributed by atoms with Crippen molar-refractivity contribution in [2.45, 2.75) is 62.7 Å². The summed E-state index contributed by atoms with van der Waals surface area (Å²) < 4.78 is 0.